The van der Waals surface area contributed by atoms with E-state index in [2.05, 4.69) is 98.2 Å². The van der Waals surface area contributed by atoms with E-state index in [-0.39, 0.29) is 103 Å². The van der Waals surface area contributed by atoms with Crippen LogP contribution in [0.4, 0.5) is 0 Å². The lowest BCUT2D eigenvalue weighted by Gasteiger charge is -2.38. The zero-order valence-electron chi connectivity index (χ0n) is 56.8. The Hall–Kier alpha value is -0.800. The van der Waals surface area contributed by atoms with Crippen molar-refractivity contribution in [3.8, 4) is 0 Å². The zero-order valence-corrected chi connectivity index (χ0v) is 60.1. The molecule has 536 valence electrons. The third-order valence-corrected chi connectivity index (χ3v) is 30.7. The van der Waals surface area contributed by atoms with Crippen molar-refractivity contribution in [2.45, 2.75) is 285 Å². The highest BCUT2D eigenvalue weighted by Crippen LogP contribution is 2.48. The molecule has 23 nitrogen and oxygen atoms in total. The molecule has 23 atom stereocenters. The SMILES string of the molecule is CCCCC(CC)COCCCNS(=O)(=O)C1CCC2C3NC(NC4NC(NC5NC(NC6NC(N3)C3CC(S(=O)(=O)NCCCOCC(CC)CCCC)CCC63)C3CC(S(=O)(=O)NCCCOCC(CC)CCCC)CCC53)C3CC(S(=O)(=O)O)CCC43)C2C1. The van der Waals surface area contributed by atoms with Crippen molar-refractivity contribution in [3.05, 3.63) is 0 Å². The van der Waals surface area contributed by atoms with Crippen LogP contribution in [0.5, 0.6) is 0 Å². The number of ether oxygens (including phenoxy) is 3. The molecule has 0 spiro atoms. The predicted octanol–water partition coefficient (Wildman–Crippen LogP) is 6.03. The normalized spacial score (nSPS) is 36.9. The highest BCUT2D eigenvalue weighted by Gasteiger charge is 2.58. The van der Waals surface area contributed by atoms with E-state index in [0.717, 1.165) is 57.8 Å². The van der Waals surface area contributed by atoms with Crippen LogP contribution in [0.15, 0.2) is 0 Å². The predicted molar refractivity (Wildman–Crippen MR) is 362 cm³/mol. The summed E-state index contributed by atoms with van der Waals surface area (Å²) in [7, 11) is -15.5. The van der Waals surface area contributed by atoms with Gasteiger partial charge in [0.05, 0.1) is 70.3 Å². The van der Waals surface area contributed by atoms with Gasteiger partial charge in [0.2, 0.25) is 30.1 Å². The molecule has 9 fully saturated rings. The molecule has 0 amide bonds. The average Bonchev–Trinajstić information content (AvgIpc) is 1.60. The topological polar surface area (TPSA) is 317 Å². The van der Waals surface area contributed by atoms with Crippen molar-refractivity contribution in [2.24, 2.45) is 65.1 Å². The molecule has 12 N–H and O–H groups in total. The Labute approximate surface area is 555 Å². The fourth-order valence-electron chi connectivity index (χ4n) is 17.9. The summed E-state index contributed by atoms with van der Waals surface area (Å²) in [6, 6.07) is 0. The van der Waals surface area contributed by atoms with Gasteiger partial charge in [-0.05, 0) is 181 Å². The molecule has 27 heteroatoms. The van der Waals surface area contributed by atoms with Gasteiger partial charge in [-0.2, -0.15) is 8.42 Å². The van der Waals surface area contributed by atoms with Crippen molar-refractivity contribution in [3.63, 3.8) is 0 Å². The third kappa shape index (κ3) is 19.8. The highest BCUT2D eigenvalue weighted by atomic mass is 32.2. The van der Waals surface area contributed by atoms with Crippen LogP contribution < -0.4 is 56.7 Å². The van der Waals surface area contributed by atoms with Crippen molar-refractivity contribution in [1.82, 2.24) is 56.7 Å². The molecule has 0 aromatic rings. The Kier molecular flexibility index (Phi) is 29.1. The average molecular weight is 1380 g/mol. The fourth-order valence-corrected chi connectivity index (χ4v) is 23.6. The minimum absolute atomic E-state index is 0.00209. The van der Waals surface area contributed by atoms with Gasteiger partial charge in [0.25, 0.3) is 10.1 Å². The maximum absolute atomic E-state index is 14.4. The lowest BCUT2D eigenvalue weighted by atomic mass is 9.76. The Morgan fingerprint density at radius 1 is 0.348 bits per heavy atom. The van der Waals surface area contributed by atoms with Crippen molar-refractivity contribution >= 4 is 40.2 Å². The highest BCUT2D eigenvalue weighted by molar-refractivity contribution is 7.90. The Balaban J connectivity index is 0.943. The number of sulfonamides is 3. The Morgan fingerprint density at radius 2 is 0.587 bits per heavy atom. The largest absolute Gasteiger partial charge is 0.381 e. The standard InChI is InChI=1S/C65H125N11O12S4/c1-7-13-19-43(10-4)40-86-33-16-30-66-89(77,78)46-22-26-50-54(36-46)62-69-58(50)71-63-56-38-48(91(81,82)68-32-18-35-88-42-45(12-6)21-15-9-3)24-28-52(56)60(73-63)75-65-57-39-49(92(83,84)85)25-29-53(57)61(76-65)74-64-55-37-47(23-27-51(55)59(70-62)72-64)90(79,80)67-31-17-34-87-41-44(11-5)20-14-8-2/h43-76H,7-42H2,1-6H3,(H,83,84,85). The molecule has 0 radical (unpaired) electrons. The molecule has 4 saturated carbocycles. The van der Waals surface area contributed by atoms with E-state index in [1.165, 1.54) is 19.3 Å². The van der Waals surface area contributed by atoms with Crippen LogP contribution >= 0.6 is 0 Å². The molecule has 23 unspecified atom stereocenters. The van der Waals surface area contributed by atoms with E-state index in [9.17, 15) is 38.2 Å². The van der Waals surface area contributed by atoms with Crippen LogP contribution in [-0.2, 0) is 54.4 Å². The van der Waals surface area contributed by atoms with E-state index >= 15 is 0 Å². The monoisotopic (exact) mass is 1380 g/mol. The van der Waals surface area contributed by atoms with Gasteiger partial charge < -0.3 is 14.2 Å². The lowest BCUT2D eigenvalue weighted by Crippen LogP contribution is -2.61. The van der Waals surface area contributed by atoms with E-state index in [0.29, 0.717) is 167 Å². The molecule has 5 aliphatic heterocycles. The second-order valence-electron chi connectivity index (χ2n) is 29.6. The second kappa shape index (κ2) is 35.5. The van der Waals surface area contributed by atoms with Gasteiger partial charge in [-0.3, -0.25) is 47.1 Å². The lowest BCUT2D eigenvalue weighted by molar-refractivity contribution is 0.0927. The third-order valence-electron chi connectivity index (χ3n) is 23.7. The van der Waals surface area contributed by atoms with E-state index in [4.69, 9.17) is 14.2 Å². The molecule has 9 rings (SSSR count). The maximum atomic E-state index is 14.4. The molecular formula is C65H125N11O12S4. The quantitative estimate of drug-likeness (QED) is 0.0249. The molecule has 9 aliphatic rings. The van der Waals surface area contributed by atoms with Crippen LogP contribution in [-0.4, -0.2) is 168 Å². The smallest absolute Gasteiger partial charge is 0.267 e. The van der Waals surface area contributed by atoms with Gasteiger partial charge in [-0.1, -0.05) is 99.3 Å². The molecule has 5 heterocycles. The van der Waals surface area contributed by atoms with E-state index in [1.54, 1.807) is 0 Å². The number of hydrogen-bond donors (Lipinski definition) is 12. The summed E-state index contributed by atoms with van der Waals surface area (Å²) in [5.74, 6) is 0.935. The van der Waals surface area contributed by atoms with Gasteiger partial charge in [0, 0.05) is 59.3 Å². The molecule has 4 aliphatic carbocycles. The molecule has 0 aromatic heterocycles. The summed E-state index contributed by atoms with van der Waals surface area (Å²) in [4.78, 5) is 0. The first-order chi connectivity index (χ1) is 44.2. The van der Waals surface area contributed by atoms with Gasteiger partial charge in [-0.25, -0.2) is 39.4 Å². The summed E-state index contributed by atoms with van der Waals surface area (Å²) < 4.78 is 150. The Bertz CT molecular complexity index is 2630. The van der Waals surface area contributed by atoms with Crippen LogP contribution in [0.25, 0.3) is 0 Å². The number of fused-ring (bicyclic) bond motifs is 20. The van der Waals surface area contributed by atoms with Crippen molar-refractivity contribution in [1.29, 1.82) is 0 Å². The van der Waals surface area contributed by atoms with E-state index < -0.39 is 61.2 Å². The van der Waals surface area contributed by atoms with Gasteiger partial charge in [0.1, 0.15) is 0 Å². The maximum Gasteiger partial charge on any atom is 0.267 e. The summed E-state index contributed by atoms with van der Waals surface area (Å²) in [5, 5.41) is 29.1. The Morgan fingerprint density at radius 3 is 0.826 bits per heavy atom. The minimum atomic E-state index is -4.34. The summed E-state index contributed by atoms with van der Waals surface area (Å²) in [6.07, 6.45) is 18.4. The van der Waals surface area contributed by atoms with Gasteiger partial charge in [-0.15, -0.1) is 0 Å². The van der Waals surface area contributed by atoms with Crippen LogP contribution in [0, 0.1) is 65.1 Å². The number of nitrogens with one attached hydrogen (secondary N) is 11. The second-order valence-corrected chi connectivity index (χ2v) is 37.4. The number of unbranched alkanes of at least 4 members (excludes halogenated alkanes) is 3. The summed E-state index contributed by atoms with van der Waals surface area (Å²) >= 11 is 0. The molecule has 8 bridgehead atoms. The number of rotatable bonds is 37. The van der Waals surface area contributed by atoms with Crippen LogP contribution in [0.2, 0.25) is 0 Å². The first-order valence-electron chi connectivity index (χ1n) is 36.9. The first kappa shape index (κ1) is 75.4. The van der Waals surface area contributed by atoms with E-state index in [1.807, 2.05) is 0 Å². The molecular weight excluding hydrogens is 1260 g/mol. The minimum Gasteiger partial charge on any atom is -0.381 e. The summed E-state index contributed by atoms with van der Waals surface area (Å²) in [5.41, 5.74) is 0. The molecule has 92 heavy (non-hydrogen) atoms. The zero-order chi connectivity index (χ0) is 65.6. The molecule has 5 saturated heterocycles. The first-order valence-corrected chi connectivity index (χ1v) is 43.1. The van der Waals surface area contributed by atoms with Crippen LogP contribution in [0.1, 0.15) is 215 Å². The summed E-state index contributed by atoms with van der Waals surface area (Å²) in [6.45, 7) is 17.6. The van der Waals surface area contributed by atoms with Crippen LogP contribution in [0.3, 0.4) is 0 Å². The van der Waals surface area contributed by atoms with Crippen molar-refractivity contribution < 1.29 is 52.4 Å². The molecule has 0 aromatic carbocycles. The number of hydrogen-bond acceptors (Lipinski definition) is 19. The fraction of sp³-hybridized carbons (Fsp3) is 1.00. The van der Waals surface area contributed by atoms with Gasteiger partial charge >= 0.3 is 0 Å². The van der Waals surface area contributed by atoms with Gasteiger partial charge in [0.15, 0.2) is 0 Å². The van der Waals surface area contributed by atoms with Crippen molar-refractivity contribution in [2.75, 3.05) is 59.3 Å².